The van der Waals surface area contributed by atoms with Crippen LogP contribution >= 0.6 is 0 Å². The maximum Gasteiger partial charge on any atom is 0.336 e. The number of carbonyl (C=O) groups is 6. The summed E-state index contributed by atoms with van der Waals surface area (Å²) in [6, 6.07) is 4.91. The Balaban J connectivity index is 1.94. The van der Waals surface area contributed by atoms with Crippen molar-refractivity contribution < 1.29 is 37.9 Å². The maximum absolute atomic E-state index is 13.5. The van der Waals surface area contributed by atoms with Crippen LogP contribution in [0.3, 0.4) is 0 Å². The van der Waals surface area contributed by atoms with Gasteiger partial charge in [0, 0.05) is 44.2 Å². The van der Waals surface area contributed by atoms with Crippen molar-refractivity contribution >= 4 is 46.4 Å². The number of aryl methyl sites for hydroxylation is 1. The number of Topliss-reactive ketones (excluding diaryl/α,β-unsaturated/α-hetero) is 1. The van der Waals surface area contributed by atoms with Gasteiger partial charge >= 0.3 is 11.6 Å². The molecule has 2 atom stereocenters. The molecule has 0 unspecified atom stereocenters. The fourth-order valence-corrected chi connectivity index (χ4v) is 5.66. The van der Waals surface area contributed by atoms with Gasteiger partial charge in [-0.05, 0) is 89.3 Å². The van der Waals surface area contributed by atoms with Gasteiger partial charge in [0.2, 0.25) is 23.6 Å². The van der Waals surface area contributed by atoms with Crippen LogP contribution in [0, 0.1) is 12.8 Å². The summed E-state index contributed by atoms with van der Waals surface area (Å²) in [5, 5.41) is 11.6. The summed E-state index contributed by atoms with van der Waals surface area (Å²) in [5.74, 6) is -1.90. The van der Waals surface area contributed by atoms with Crippen molar-refractivity contribution in [3.8, 4) is 0 Å². The molecule has 0 fully saturated rings. The number of esters is 1. The molecule has 4 N–H and O–H groups in total. The lowest BCUT2D eigenvalue weighted by molar-refractivity contribution is -0.155. The standard InChI is InChI=1S/C39H58N4O9/c1-25(2)20-31(43-34(46)15-10-8-9-11-16-36(48)52-39(5,6)7)38(50)41-24-35(47)42-30(14-12-13-19-40-27(4)44)32(45)22-28-17-18-29-26(3)21-37(49)51-33(29)23-28/h17-18,21,23,25,30-31H,8-16,19-20,22,24H2,1-7H3,(H,40,44)(H,41,50)(H,42,47)(H,43,46)/t30-,31+/m0/s1. The van der Waals surface area contributed by atoms with E-state index in [4.69, 9.17) is 9.15 Å². The van der Waals surface area contributed by atoms with E-state index >= 15 is 0 Å². The van der Waals surface area contributed by atoms with E-state index in [1.807, 2.05) is 34.6 Å². The number of ketones is 1. The molecule has 4 amide bonds. The van der Waals surface area contributed by atoms with Gasteiger partial charge in [0.05, 0.1) is 12.6 Å². The maximum atomic E-state index is 13.5. The Hall–Kier alpha value is -4.55. The molecule has 0 saturated carbocycles. The van der Waals surface area contributed by atoms with Crippen LogP contribution in [0.5, 0.6) is 0 Å². The highest BCUT2D eigenvalue weighted by molar-refractivity contribution is 5.94. The molecule has 0 aliphatic carbocycles. The lowest BCUT2D eigenvalue weighted by atomic mass is 9.98. The van der Waals surface area contributed by atoms with Crippen LogP contribution in [0.2, 0.25) is 0 Å². The summed E-state index contributed by atoms with van der Waals surface area (Å²) in [5.41, 5.74) is 0.738. The van der Waals surface area contributed by atoms with Gasteiger partial charge in [-0.3, -0.25) is 28.8 Å². The molecule has 52 heavy (non-hydrogen) atoms. The van der Waals surface area contributed by atoms with E-state index in [2.05, 4.69) is 21.3 Å². The molecule has 288 valence electrons. The summed E-state index contributed by atoms with van der Waals surface area (Å²) in [6.07, 6.45) is 5.15. The third-order valence-electron chi connectivity index (χ3n) is 8.15. The Morgan fingerprint density at radius 3 is 2.15 bits per heavy atom. The number of hydrogen-bond donors (Lipinski definition) is 4. The molecule has 1 heterocycles. The van der Waals surface area contributed by atoms with Crippen LogP contribution in [0.1, 0.15) is 117 Å². The van der Waals surface area contributed by atoms with Crippen LogP contribution in [0.15, 0.2) is 33.5 Å². The Morgan fingerprint density at radius 1 is 0.827 bits per heavy atom. The molecule has 13 heteroatoms. The van der Waals surface area contributed by atoms with Gasteiger partial charge in [0.1, 0.15) is 17.2 Å². The van der Waals surface area contributed by atoms with E-state index in [0.717, 1.165) is 23.8 Å². The lowest BCUT2D eigenvalue weighted by Crippen LogP contribution is -2.51. The number of ether oxygens (including phenoxy) is 1. The second-order valence-electron chi connectivity index (χ2n) is 14.8. The first-order valence-corrected chi connectivity index (χ1v) is 18.3. The van der Waals surface area contributed by atoms with Crippen molar-refractivity contribution in [1.82, 2.24) is 21.3 Å². The smallest absolute Gasteiger partial charge is 0.336 e. The van der Waals surface area contributed by atoms with Crippen LogP contribution < -0.4 is 26.9 Å². The normalized spacial score (nSPS) is 12.5. The zero-order valence-corrected chi connectivity index (χ0v) is 31.9. The number of carbonyl (C=O) groups excluding carboxylic acids is 6. The molecule has 1 aromatic carbocycles. The zero-order valence-electron chi connectivity index (χ0n) is 31.9. The molecule has 0 aliphatic rings. The molecular formula is C39H58N4O9. The number of hydrogen-bond acceptors (Lipinski definition) is 9. The number of fused-ring (bicyclic) bond motifs is 1. The molecule has 13 nitrogen and oxygen atoms in total. The van der Waals surface area contributed by atoms with E-state index in [9.17, 15) is 33.6 Å². The van der Waals surface area contributed by atoms with Gasteiger partial charge in [-0.2, -0.15) is 0 Å². The van der Waals surface area contributed by atoms with Crippen molar-refractivity contribution in [3.63, 3.8) is 0 Å². The van der Waals surface area contributed by atoms with E-state index in [-0.39, 0.29) is 42.3 Å². The Kier molecular flexibility index (Phi) is 18.2. The number of unbranched alkanes of at least 4 members (excludes halogenated alkanes) is 4. The average Bonchev–Trinajstić information content (AvgIpc) is 3.02. The molecule has 2 rings (SSSR count). The van der Waals surface area contributed by atoms with E-state index in [1.165, 1.54) is 13.0 Å². The van der Waals surface area contributed by atoms with E-state index in [1.54, 1.807) is 25.1 Å². The average molecular weight is 727 g/mol. The topological polar surface area (TPSA) is 190 Å². The van der Waals surface area contributed by atoms with Gasteiger partial charge in [-0.25, -0.2) is 4.79 Å². The molecule has 0 spiro atoms. The monoisotopic (exact) mass is 726 g/mol. The Labute approximate surface area is 306 Å². The summed E-state index contributed by atoms with van der Waals surface area (Å²) < 4.78 is 10.6. The molecule has 0 saturated heterocycles. The zero-order chi connectivity index (χ0) is 38.8. The summed E-state index contributed by atoms with van der Waals surface area (Å²) in [6.45, 7) is 12.6. The minimum atomic E-state index is -0.864. The van der Waals surface area contributed by atoms with Gasteiger partial charge < -0.3 is 30.4 Å². The first-order valence-electron chi connectivity index (χ1n) is 18.3. The van der Waals surface area contributed by atoms with Crippen molar-refractivity contribution in [1.29, 1.82) is 0 Å². The largest absolute Gasteiger partial charge is 0.460 e. The Morgan fingerprint density at radius 2 is 1.50 bits per heavy atom. The minimum absolute atomic E-state index is 0.0250. The predicted molar refractivity (Wildman–Crippen MR) is 198 cm³/mol. The number of rotatable bonds is 22. The van der Waals surface area contributed by atoms with Crippen molar-refractivity contribution in [2.75, 3.05) is 13.1 Å². The molecule has 0 aliphatic heterocycles. The molecule has 0 radical (unpaired) electrons. The quantitative estimate of drug-likeness (QED) is 0.0777. The van der Waals surface area contributed by atoms with Gasteiger partial charge in [-0.15, -0.1) is 0 Å². The molecule has 2 aromatic rings. The SMILES string of the molecule is CC(=O)NCCCC[C@H](NC(=O)CNC(=O)[C@@H](CC(C)C)NC(=O)CCCCCCC(=O)OC(C)(C)C)C(=O)Cc1ccc2c(C)cc(=O)oc2c1. The highest BCUT2D eigenvalue weighted by Crippen LogP contribution is 2.19. The summed E-state index contributed by atoms with van der Waals surface area (Å²) in [7, 11) is 0. The first-order chi connectivity index (χ1) is 24.4. The number of nitrogens with one attached hydrogen (secondary N) is 4. The summed E-state index contributed by atoms with van der Waals surface area (Å²) in [4.78, 5) is 87.3. The second-order valence-corrected chi connectivity index (χ2v) is 14.8. The van der Waals surface area contributed by atoms with Crippen molar-refractivity contribution in [2.45, 2.75) is 137 Å². The fraction of sp³-hybridized carbons (Fsp3) is 0.615. The molecular weight excluding hydrogens is 668 g/mol. The second kappa shape index (κ2) is 21.7. The van der Waals surface area contributed by atoms with E-state index in [0.29, 0.717) is 62.6 Å². The predicted octanol–water partition coefficient (Wildman–Crippen LogP) is 4.33. The molecule has 1 aromatic heterocycles. The van der Waals surface area contributed by atoms with Gasteiger partial charge in [0.15, 0.2) is 5.78 Å². The third-order valence-corrected chi connectivity index (χ3v) is 8.15. The highest BCUT2D eigenvalue weighted by Gasteiger charge is 2.25. The lowest BCUT2D eigenvalue weighted by Gasteiger charge is -2.21. The minimum Gasteiger partial charge on any atom is -0.460 e. The van der Waals surface area contributed by atoms with Crippen LogP contribution in [-0.2, 0) is 39.9 Å². The van der Waals surface area contributed by atoms with Crippen LogP contribution in [0.25, 0.3) is 11.0 Å². The number of benzene rings is 1. The summed E-state index contributed by atoms with van der Waals surface area (Å²) >= 11 is 0. The highest BCUT2D eigenvalue weighted by atomic mass is 16.6. The first kappa shape index (κ1) is 43.6. The Bertz CT molecular complexity index is 1590. The van der Waals surface area contributed by atoms with E-state index < -0.39 is 41.7 Å². The van der Waals surface area contributed by atoms with Gasteiger partial charge in [-0.1, -0.05) is 38.8 Å². The van der Waals surface area contributed by atoms with Crippen LogP contribution in [0.4, 0.5) is 0 Å². The van der Waals surface area contributed by atoms with Crippen molar-refractivity contribution in [2.24, 2.45) is 5.92 Å². The van der Waals surface area contributed by atoms with Crippen molar-refractivity contribution in [3.05, 3.63) is 45.8 Å². The van der Waals surface area contributed by atoms with Crippen LogP contribution in [-0.4, -0.2) is 66.2 Å². The number of amides is 4. The molecule has 0 bridgehead atoms. The van der Waals surface area contributed by atoms with Gasteiger partial charge in [0.25, 0.3) is 0 Å². The fourth-order valence-electron chi connectivity index (χ4n) is 5.66. The third kappa shape index (κ3) is 17.6.